The van der Waals surface area contributed by atoms with E-state index in [-0.39, 0.29) is 35.8 Å². The number of nitrogen functional groups attached to an aromatic ring is 1. The summed E-state index contributed by atoms with van der Waals surface area (Å²) >= 11 is 0. The average molecular weight is 516 g/mol. The van der Waals surface area contributed by atoms with Crippen LogP contribution in [0.3, 0.4) is 0 Å². The van der Waals surface area contributed by atoms with Gasteiger partial charge in [-0.3, -0.25) is 4.79 Å². The van der Waals surface area contributed by atoms with Gasteiger partial charge in [0.15, 0.2) is 0 Å². The van der Waals surface area contributed by atoms with E-state index >= 15 is 0 Å². The van der Waals surface area contributed by atoms with E-state index in [1.165, 1.54) is 0 Å². The largest absolute Gasteiger partial charge is 0.378 e. The lowest BCUT2D eigenvalue weighted by atomic mass is 9.99. The van der Waals surface area contributed by atoms with Crippen LogP contribution in [0.2, 0.25) is 0 Å². The number of morpholine rings is 1. The number of likely N-dealkylation sites (tertiary alicyclic amines) is 1. The topological polar surface area (TPSA) is 126 Å². The van der Waals surface area contributed by atoms with Crippen LogP contribution in [0.15, 0.2) is 12.4 Å². The van der Waals surface area contributed by atoms with Gasteiger partial charge in [0.2, 0.25) is 17.8 Å². The molecular formula is C24H34ClN9O2. The Bertz CT molecular complexity index is 1110. The van der Waals surface area contributed by atoms with E-state index < -0.39 is 0 Å². The predicted octanol–water partition coefficient (Wildman–Crippen LogP) is 0.880. The number of halogens is 1. The van der Waals surface area contributed by atoms with Crippen molar-refractivity contribution >= 4 is 36.0 Å². The Morgan fingerprint density at radius 1 is 1.17 bits per heavy atom. The normalized spacial score (nSPS) is 25.7. The van der Waals surface area contributed by atoms with Crippen LogP contribution in [-0.2, 0) is 16.0 Å². The van der Waals surface area contributed by atoms with Crippen molar-refractivity contribution in [1.82, 2.24) is 30.2 Å². The molecule has 6 rings (SSSR count). The second-order valence-corrected chi connectivity index (χ2v) is 10.2. The Morgan fingerprint density at radius 2 is 1.94 bits per heavy atom. The fraction of sp³-hybridized carbons (Fsp3) is 0.625. The third-order valence-electron chi connectivity index (χ3n) is 7.83. The molecule has 0 unspecified atom stereocenters. The number of hydrogen-bond donors (Lipinski definition) is 2. The summed E-state index contributed by atoms with van der Waals surface area (Å²) in [5.74, 6) is 2.15. The number of hydrogen-bond acceptors (Lipinski definition) is 10. The van der Waals surface area contributed by atoms with Crippen molar-refractivity contribution in [3.8, 4) is 11.3 Å². The maximum atomic E-state index is 13.1. The van der Waals surface area contributed by atoms with Gasteiger partial charge in [-0.1, -0.05) is 0 Å². The number of aromatic nitrogens is 4. The van der Waals surface area contributed by atoms with Gasteiger partial charge in [0.25, 0.3) is 0 Å². The number of carbonyl (C=O) groups excluding carboxylic acids is 1. The maximum absolute atomic E-state index is 13.1. The first-order chi connectivity index (χ1) is 17.0. The van der Waals surface area contributed by atoms with E-state index in [1.54, 1.807) is 12.4 Å². The number of nitrogens with two attached hydrogens (primary N) is 1. The van der Waals surface area contributed by atoms with Crippen molar-refractivity contribution in [2.45, 2.75) is 44.2 Å². The maximum Gasteiger partial charge on any atom is 0.239 e. The van der Waals surface area contributed by atoms with Gasteiger partial charge in [0.1, 0.15) is 5.82 Å². The average Bonchev–Trinajstić information content (AvgIpc) is 3.64. The molecule has 3 N–H and O–H groups in total. The van der Waals surface area contributed by atoms with Crippen LogP contribution < -0.4 is 20.9 Å². The molecule has 36 heavy (non-hydrogen) atoms. The van der Waals surface area contributed by atoms with Gasteiger partial charge in [-0.2, -0.15) is 4.98 Å². The highest BCUT2D eigenvalue weighted by molar-refractivity contribution is 5.85. The molecule has 0 bridgehead atoms. The molecule has 1 amide bonds. The minimum Gasteiger partial charge on any atom is -0.378 e. The zero-order valence-electron chi connectivity index (χ0n) is 20.6. The van der Waals surface area contributed by atoms with Crippen molar-refractivity contribution in [2.24, 2.45) is 0 Å². The second kappa shape index (κ2) is 9.95. The fourth-order valence-corrected chi connectivity index (χ4v) is 5.84. The van der Waals surface area contributed by atoms with Crippen molar-refractivity contribution in [3.05, 3.63) is 18.0 Å². The SMILES string of the molecule is C[C@]1(N2CCc3c(-c4cnc(N)nc4)nc(N4CCOCC4)nc32)CCN(C(=O)[C@H]2CCCN2)C1.Cl. The molecule has 4 aliphatic heterocycles. The van der Waals surface area contributed by atoms with E-state index in [9.17, 15) is 4.79 Å². The van der Waals surface area contributed by atoms with Crippen LogP contribution in [0.1, 0.15) is 31.7 Å². The molecule has 6 heterocycles. The number of carbonyl (C=O) groups is 1. The lowest BCUT2D eigenvalue weighted by Crippen LogP contribution is -2.50. The molecule has 11 nitrogen and oxygen atoms in total. The Kier molecular flexibility index (Phi) is 6.88. The van der Waals surface area contributed by atoms with Crippen molar-refractivity contribution in [1.29, 1.82) is 0 Å². The van der Waals surface area contributed by atoms with Gasteiger partial charge in [-0.25, -0.2) is 15.0 Å². The van der Waals surface area contributed by atoms with Crippen LogP contribution >= 0.6 is 12.4 Å². The first kappa shape index (κ1) is 24.9. The molecule has 2 aromatic rings. The third-order valence-corrected chi connectivity index (χ3v) is 7.83. The molecule has 3 saturated heterocycles. The van der Waals surface area contributed by atoms with Gasteiger partial charge in [-0.05, 0) is 39.2 Å². The van der Waals surface area contributed by atoms with Gasteiger partial charge in [0, 0.05) is 56.2 Å². The van der Waals surface area contributed by atoms with Crippen molar-refractivity contribution < 1.29 is 9.53 Å². The molecule has 3 fully saturated rings. The summed E-state index contributed by atoms with van der Waals surface area (Å²) in [7, 11) is 0. The van der Waals surface area contributed by atoms with E-state index in [4.69, 9.17) is 20.4 Å². The highest BCUT2D eigenvalue weighted by Crippen LogP contribution is 2.41. The van der Waals surface area contributed by atoms with Crippen LogP contribution in [0.25, 0.3) is 11.3 Å². The molecule has 4 aliphatic rings. The molecule has 0 spiro atoms. The number of ether oxygens (including phenoxy) is 1. The minimum atomic E-state index is -0.176. The summed E-state index contributed by atoms with van der Waals surface area (Å²) in [5, 5.41) is 3.36. The highest BCUT2D eigenvalue weighted by Gasteiger charge is 2.45. The molecule has 2 aromatic heterocycles. The summed E-state index contributed by atoms with van der Waals surface area (Å²) in [6, 6.07) is -0.0319. The number of fused-ring (bicyclic) bond motifs is 1. The van der Waals surface area contributed by atoms with Crippen molar-refractivity contribution in [2.75, 3.05) is 68.0 Å². The molecule has 0 aliphatic carbocycles. The molecule has 0 saturated carbocycles. The summed E-state index contributed by atoms with van der Waals surface area (Å²) in [4.78, 5) is 38.2. The van der Waals surface area contributed by atoms with Crippen LogP contribution in [0.4, 0.5) is 17.7 Å². The Balaban J connectivity index is 0.00000267. The number of rotatable bonds is 4. The first-order valence-electron chi connectivity index (χ1n) is 12.6. The first-order valence-corrected chi connectivity index (χ1v) is 12.6. The molecule has 0 radical (unpaired) electrons. The lowest BCUT2D eigenvalue weighted by Gasteiger charge is -2.37. The van der Waals surface area contributed by atoms with Gasteiger partial charge >= 0.3 is 0 Å². The van der Waals surface area contributed by atoms with E-state index in [1.807, 2.05) is 4.90 Å². The van der Waals surface area contributed by atoms with E-state index in [2.05, 4.69) is 32.0 Å². The minimum absolute atomic E-state index is 0. The Morgan fingerprint density at radius 3 is 2.67 bits per heavy atom. The highest BCUT2D eigenvalue weighted by atomic mass is 35.5. The predicted molar refractivity (Wildman–Crippen MR) is 139 cm³/mol. The molecular weight excluding hydrogens is 482 g/mol. The van der Waals surface area contributed by atoms with Gasteiger partial charge < -0.3 is 30.5 Å². The number of anilines is 3. The second-order valence-electron chi connectivity index (χ2n) is 10.2. The Labute approximate surface area is 217 Å². The third kappa shape index (κ3) is 4.44. The van der Waals surface area contributed by atoms with Crippen LogP contribution in [0.5, 0.6) is 0 Å². The summed E-state index contributed by atoms with van der Waals surface area (Å²) in [5.41, 5.74) is 8.39. The zero-order valence-corrected chi connectivity index (χ0v) is 21.5. The number of nitrogens with zero attached hydrogens (tertiary/aromatic N) is 7. The van der Waals surface area contributed by atoms with Crippen LogP contribution in [-0.4, -0.2) is 94.8 Å². The summed E-state index contributed by atoms with van der Waals surface area (Å²) < 4.78 is 5.55. The van der Waals surface area contributed by atoms with E-state index in [0.29, 0.717) is 25.7 Å². The summed E-state index contributed by atoms with van der Waals surface area (Å²) in [6.45, 7) is 8.36. The molecule has 194 valence electrons. The van der Waals surface area contributed by atoms with Crippen LogP contribution in [0, 0.1) is 0 Å². The lowest BCUT2D eigenvalue weighted by molar-refractivity contribution is -0.132. The monoisotopic (exact) mass is 515 g/mol. The quantitative estimate of drug-likeness (QED) is 0.606. The number of amides is 1. The number of nitrogens with one attached hydrogen (secondary N) is 1. The Hall–Kier alpha value is -2.76. The van der Waals surface area contributed by atoms with E-state index in [0.717, 1.165) is 81.0 Å². The summed E-state index contributed by atoms with van der Waals surface area (Å²) in [6.07, 6.45) is 7.24. The van der Waals surface area contributed by atoms with Gasteiger partial charge in [-0.15, -0.1) is 12.4 Å². The smallest absolute Gasteiger partial charge is 0.239 e. The molecule has 2 atom stereocenters. The molecule has 12 heteroatoms. The fourth-order valence-electron chi connectivity index (χ4n) is 5.84. The molecule has 0 aromatic carbocycles. The van der Waals surface area contributed by atoms with Gasteiger partial charge in [0.05, 0.1) is 30.5 Å². The standard InChI is InChI=1S/C24H33N9O2.ClH/c1-24(5-8-32(15-24)21(34)18-3-2-6-26-18)33-7-4-17-19(16-13-27-22(25)28-14-16)29-23(30-20(17)33)31-9-11-35-12-10-31;/h13-14,18,26H,2-12,15H2,1H3,(H2,25,27,28);1H/t18-,24+;/m1./s1. The van der Waals surface area contributed by atoms with Crippen molar-refractivity contribution in [3.63, 3.8) is 0 Å². The zero-order chi connectivity index (χ0) is 24.0.